The highest BCUT2D eigenvalue weighted by atomic mass is 32.2. The molecule has 0 unspecified atom stereocenters. The van der Waals surface area contributed by atoms with Crippen molar-refractivity contribution in [1.82, 2.24) is 4.90 Å². The summed E-state index contributed by atoms with van der Waals surface area (Å²) in [5, 5.41) is 11.4. The lowest BCUT2D eigenvalue weighted by Crippen LogP contribution is -2.27. The second kappa shape index (κ2) is 8.75. The molecule has 156 valence electrons. The number of nitro benzene ring substituents is 1. The molecule has 2 heterocycles. The maximum Gasteiger partial charge on any atom is 0.284 e. The summed E-state index contributed by atoms with van der Waals surface area (Å²) in [6.45, 7) is 0.393. The second-order valence-corrected chi connectivity index (χ2v) is 8.27. The Morgan fingerprint density at radius 3 is 2.68 bits per heavy atom. The molecule has 0 spiro atoms. The molecule has 1 amide bonds. The number of thioether (sulfide) groups is 1. The second-order valence-electron chi connectivity index (χ2n) is 6.60. The molecule has 1 saturated heterocycles. The molecule has 1 fully saturated rings. The molecule has 1 aliphatic rings. The Kier molecular flexibility index (Phi) is 5.88. The number of carbonyl (C=O) groups excluding carboxylic acids is 1. The fourth-order valence-corrected chi connectivity index (χ4v) is 4.34. The minimum absolute atomic E-state index is 0.130. The van der Waals surface area contributed by atoms with E-state index in [0.29, 0.717) is 38.6 Å². The van der Waals surface area contributed by atoms with E-state index >= 15 is 0 Å². The fraction of sp³-hybridized carbons (Fsp3) is 0.0909. The lowest BCUT2D eigenvalue weighted by Gasteiger charge is -2.14. The van der Waals surface area contributed by atoms with E-state index in [0.717, 1.165) is 5.56 Å². The maximum absolute atomic E-state index is 12.8. The van der Waals surface area contributed by atoms with Crippen LogP contribution in [0.1, 0.15) is 11.3 Å². The standard InChI is InChI=1S/C22H16N2O5S2/c1-28-15-7-9-17(18(11-15)24(26)27)19-10-8-16(29-19)12-20-21(25)23(22(30)31-20)13-14-5-3-2-4-6-14/h2-12H,13H2,1H3/b20-12-. The van der Waals surface area contributed by atoms with Crippen molar-refractivity contribution in [2.75, 3.05) is 7.11 Å². The van der Waals surface area contributed by atoms with Crippen LogP contribution in [0.3, 0.4) is 0 Å². The molecule has 31 heavy (non-hydrogen) atoms. The molecule has 0 bridgehead atoms. The van der Waals surface area contributed by atoms with Crippen LogP contribution in [0.2, 0.25) is 0 Å². The van der Waals surface area contributed by atoms with Crippen molar-refractivity contribution >= 4 is 46.0 Å². The van der Waals surface area contributed by atoms with Gasteiger partial charge in [0.15, 0.2) is 0 Å². The van der Waals surface area contributed by atoms with Gasteiger partial charge in [-0.3, -0.25) is 19.8 Å². The quantitative estimate of drug-likeness (QED) is 0.218. The van der Waals surface area contributed by atoms with Gasteiger partial charge in [0.1, 0.15) is 21.6 Å². The van der Waals surface area contributed by atoms with E-state index in [-0.39, 0.29) is 11.6 Å². The molecular weight excluding hydrogens is 436 g/mol. The summed E-state index contributed by atoms with van der Waals surface area (Å²) in [7, 11) is 1.44. The van der Waals surface area contributed by atoms with Crippen molar-refractivity contribution in [3.05, 3.63) is 87.0 Å². The monoisotopic (exact) mass is 452 g/mol. The summed E-state index contributed by atoms with van der Waals surface area (Å²) >= 11 is 6.57. The Balaban J connectivity index is 1.58. The number of rotatable bonds is 6. The summed E-state index contributed by atoms with van der Waals surface area (Å²) in [6, 6.07) is 17.4. The Morgan fingerprint density at radius 1 is 1.19 bits per heavy atom. The summed E-state index contributed by atoms with van der Waals surface area (Å²) in [5.41, 5.74) is 1.17. The number of furan rings is 1. The number of hydrogen-bond donors (Lipinski definition) is 0. The van der Waals surface area contributed by atoms with E-state index in [9.17, 15) is 14.9 Å². The molecule has 4 rings (SSSR count). The van der Waals surface area contributed by atoms with Crippen LogP contribution in [0.25, 0.3) is 17.4 Å². The molecule has 9 heteroatoms. The highest BCUT2D eigenvalue weighted by molar-refractivity contribution is 8.26. The number of ether oxygens (including phenoxy) is 1. The van der Waals surface area contributed by atoms with Crippen molar-refractivity contribution in [1.29, 1.82) is 0 Å². The van der Waals surface area contributed by atoms with Crippen molar-refractivity contribution in [3.8, 4) is 17.1 Å². The van der Waals surface area contributed by atoms with Crippen molar-refractivity contribution in [3.63, 3.8) is 0 Å². The van der Waals surface area contributed by atoms with Gasteiger partial charge in [-0.1, -0.05) is 54.3 Å². The molecule has 7 nitrogen and oxygen atoms in total. The Hall–Kier alpha value is -3.43. The van der Waals surface area contributed by atoms with E-state index in [4.69, 9.17) is 21.4 Å². The van der Waals surface area contributed by atoms with Crippen LogP contribution >= 0.6 is 24.0 Å². The molecule has 1 aromatic heterocycles. The van der Waals surface area contributed by atoms with E-state index in [1.807, 2.05) is 30.3 Å². The molecule has 0 aliphatic carbocycles. The molecule has 0 atom stereocenters. The van der Waals surface area contributed by atoms with E-state index in [1.54, 1.807) is 35.2 Å². The highest BCUT2D eigenvalue weighted by Gasteiger charge is 2.32. The van der Waals surface area contributed by atoms with Crippen LogP contribution in [0.5, 0.6) is 5.75 Å². The summed E-state index contributed by atoms with van der Waals surface area (Å²) in [4.78, 5) is 25.7. The number of amides is 1. The first-order valence-electron chi connectivity index (χ1n) is 9.18. The van der Waals surface area contributed by atoms with Crippen LogP contribution in [-0.2, 0) is 11.3 Å². The first kappa shape index (κ1) is 20.8. The predicted octanol–water partition coefficient (Wildman–Crippen LogP) is 5.26. The summed E-state index contributed by atoms with van der Waals surface area (Å²) < 4.78 is 11.3. The third-order valence-corrected chi connectivity index (χ3v) is 6.00. The first-order valence-corrected chi connectivity index (χ1v) is 10.4. The minimum Gasteiger partial charge on any atom is -0.497 e. The van der Waals surface area contributed by atoms with Gasteiger partial charge in [0, 0.05) is 6.08 Å². The first-order chi connectivity index (χ1) is 15.0. The molecule has 0 radical (unpaired) electrons. The molecule has 0 N–H and O–H groups in total. The Labute approximate surface area is 187 Å². The van der Waals surface area contributed by atoms with Crippen LogP contribution in [0.15, 0.2) is 70.0 Å². The molecule has 2 aromatic carbocycles. The van der Waals surface area contributed by atoms with Crippen molar-refractivity contribution < 1.29 is 18.9 Å². The van der Waals surface area contributed by atoms with Crippen LogP contribution in [0, 0.1) is 10.1 Å². The normalized spacial score (nSPS) is 15.0. The average molecular weight is 453 g/mol. The molecule has 1 aliphatic heterocycles. The zero-order valence-corrected chi connectivity index (χ0v) is 17.9. The lowest BCUT2D eigenvalue weighted by molar-refractivity contribution is -0.384. The molecule has 0 saturated carbocycles. The summed E-state index contributed by atoms with van der Waals surface area (Å²) in [6.07, 6.45) is 1.60. The Morgan fingerprint density at radius 2 is 1.97 bits per heavy atom. The fourth-order valence-electron chi connectivity index (χ4n) is 3.10. The number of carbonyl (C=O) groups is 1. The number of thiocarbonyl (C=S) groups is 1. The van der Waals surface area contributed by atoms with Gasteiger partial charge < -0.3 is 9.15 Å². The van der Waals surface area contributed by atoms with Crippen LogP contribution < -0.4 is 4.74 Å². The number of benzene rings is 2. The van der Waals surface area contributed by atoms with E-state index in [1.165, 1.54) is 24.9 Å². The number of methoxy groups -OCH3 is 1. The smallest absolute Gasteiger partial charge is 0.284 e. The predicted molar refractivity (Wildman–Crippen MR) is 123 cm³/mol. The van der Waals surface area contributed by atoms with Gasteiger partial charge in [0.2, 0.25) is 0 Å². The van der Waals surface area contributed by atoms with Crippen molar-refractivity contribution in [2.45, 2.75) is 6.54 Å². The number of nitrogens with zero attached hydrogens (tertiary/aromatic N) is 2. The zero-order valence-electron chi connectivity index (χ0n) is 16.3. The molecular formula is C22H16N2O5S2. The van der Waals surface area contributed by atoms with Gasteiger partial charge in [0.05, 0.1) is 35.1 Å². The third-order valence-electron chi connectivity index (χ3n) is 4.62. The molecule has 3 aromatic rings. The topological polar surface area (TPSA) is 85.8 Å². The van der Waals surface area contributed by atoms with Gasteiger partial charge in [0.25, 0.3) is 11.6 Å². The van der Waals surface area contributed by atoms with Gasteiger partial charge in [-0.15, -0.1) is 0 Å². The minimum atomic E-state index is -0.491. The zero-order chi connectivity index (χ0) is 22.0. The van der Waals surface area contributed by atoms with Gasteiger partial charge in [-0.2, -0.15) is 0 Å². The third kappa shape index (κ3) is 4.37. The van der Waals surface area contributed by atoms with E-state index in [2.05, 4.69) is 0 Å². The SMILES string of the molecule is COc1ccc(-c2ccc(/C=C3\SC(=S)N(Cc4ccccc4)C3=O)o2)c([N+](=O)[O-])c1. The van der Waals surface area contributed by atoms with Gasteiger partial charge in [-0.05, 0) is 29.8 Å². The van der Waals surface area contributed by atoms with Crippen molar-refractivity contribution in [2.24, 2.45) is 0 Å². The highest BCUT2D eigenvalue weighted by Crippen LogP contribution is 2.37. The number of hydrogen-bond acceptors (Lipinski definition) is 7. The maximum atomic E-state index is 12.8. The Bertz CT molecular complexity index is 1200. The lowest BCUT2D eigenvalue weighted by atomic mass is 10.1. The summed E-state index contributed by atoms with van der Waals surface area (Å²) in [5.74, 6) is 0.900. The number of nitro groups is 1. The largest absolute Gasteiger partial charge is 0.497 e. The van der Waals surface area contributed by atoms with Crippen LogP contribution in [0.4, 0.5) is 5.69 Å². The van der Waals surface area contributed by atoms with E-state index < -0.39 is 4.92 Å². The van der Waals surface area contributed by atoms with Gasteiger partial charge >= 0.3 is 0 Å². The average Bonchev–Trinajstić information content (AvgIpc) is 3.34. The van der Waals surface area contributed by atoms with Gasteiger partial charge in [-0.25, -0.2) is 0 Å². The van der Waals surface area contributed by atoms with Crippen LogP contribution in [-0.4, -0.2) is 27.2 Å².